The van der Waals surface area contributed by atoms with Gasteiger partial charge >= 0.3 is 0 Å². The third kappa shape index (κ3) is 7.05. The van der Waals surface area contributed by atoms with Crippen molar-refractivity contribution in [2.45, 2.75) is 38.8 Å². The molecule has 1 fully saturated rings. The highest BCUT2D eigenvalue weighted by Gasteiger charge is 2.28. The van der Waals surface area contributed by atoms with Crippen LogP contribution < -0.4 is 11.1 Å². The van der Waals surface area contributed by atoms with Crippen LogP contribution in [0.25, 0.3) is 0 Å². The Morgan fingerprint density at radius 2 is 1.73 bits per heavy atom. The molecule has 1 heterocycles. The number of carbonyl (C=O) groups is 1. The molecule has 1 aromatic rings. The number of hydrogen-bond acceptors (Lipinski definition) is 4. The molecule has 0 aromatic heterocycles. The van der Waals surface area contributed by atoms with Gasteiger partial charge in [0, 0.05) is 25.7 Å². The monoisotopic (exact) mass is 405 g/mol. The van der Waals surface area contributed by atoms with E-state index in [9.17, 15) is 4.79 Å². The molecule has 1 aliphatic heterocycles. The highest BCUT2D eigenvalue weighted by molar-refractivity contribution is 5.85. The zero-order valence-corrected chi connectivity index (χ0v) is 17.4. The van der Waals surface area contributed by atoms with Crippen molar-refractivity contribution < 1.29 is 9.53 Å². The van der Waals surface area contributed by atoms with Gasteiger partial charge in [-0.1, -0.05) is 57.0 Å². The fourth-order valence-electron chi connectivity index (χ4n) is 3.46. The fraction of sp³-hybridized carbons (Fsp3) is 0.632. The Kier molecular flexibility index (Phi) is 12.9. The molecule has 1 saturated heterocycles. The summed E-state index contributed by atoms with van der Waals surface area (Å²) in [7, 11) is 0. The highest BCUT2D eigenvalue weighted by atomic mass is 35.5. The van der Waals surface area contributed by atoms with E-state index >= 15 is 0 Å². The van der Waals surface area contributed by atoms with Crippen LogP contribution in [0.4, 0.5) is 0 Å². The molecule has 0 bridgehead atoms. The second-order valence-electron chi connectivity index (χ2n) is 6.43. The van der Waals surface area contributed by atoms with E-state index in [0.29, 0.717) is 18.5 Å². The van der Waals surface area contributed by atoms with E-state index in [1.165, 1.54) is 0 Å². The number of amides is 1. The lowest BCUT2D eigenvalue weighted by Crippen LogP contribution is -2.52. The molecule has 2 atom stereocenters. The lowest BCUT2D eigenvalue weighted by atomic mass is 9.92. The Morgan fingerprint density at radius 3 is 2.27 bits per heavy atom. The summed E-state index contributed by atoms with van der Waals surface area (Å²) >= 11 is 0. The summed E-state index contributed by atoms with van der Waals surface area (Å²) in [6, 6.07) is 9.26. The van der Waals surface area contributed by atoms with Crippen LogP contribution in [0, 0.1) is 5.92 Å². The lowest BCUT2D eigenvalue weighted by Gasteiger charge is -2.39. The van der Waals surface area contributed by atoms with Crippen molar-refractivity contribution in [3.63, 3.8) is 0 Å². The molecule has 0 radical (unpaired) electrons. The first-order valence-electron chi connectivity index (χ1n) is 9.07. The van der Waals surface area contributed by atoms with Crippen LogP contribution in [0.5, 0.6) is 0 Å². The van der Waals surface area contributed by atoms with Crippen molar-refractivity contribution in [3.8, 4) is 0 Å². The van der Waals surface area contributed by atoms with Crippen molar-refractivity contribution in [3.05, 3.63) is 35.9 Å². The minimum Gasteiger partial charge on any atom is -0.379 e. The largest absolute Gasteiger partial charge is 0.379 e. The van der Waals surface area contributed by atoms with E-state index in [1.807, 2.05) is 30.3 Å². The molecule has 1 aliphatic rings. The molecule has 1 aromatic carbocycles. The summed E-state index contributed by atoms with van der Waals surface area (Å²) in [5.74, 6) is 0.460. The van der Waals surface area contributed by atoms with Crippen LogP contribution in [0.3, 0.4) is 0 Å². The van der Waals surface area contributed by atoms with E-state index in [-0.39, 0.29) is 30.7 Å². The van der Waals surface area contributed by atoms with Gasteiger partial charge in [0.15, 0.2) is 0 Å². The van der Waals surface area contributed by atoms with Crippen molar-refractivity contribution in [1.82, 2.24) is 10.2 Å². The van der Waals surface area contributed by atoms with Gasteiger partial charge in [0.05, 0.1) is 13.2 Å². The van der Waals surface area contributed by atoms with Crippen LogP contribution in [-0.2, 0) is 9.53 Å². The topological polar surface area (TPSA) is 67.6 Å². The summed E-state index contributed by atoms with van der Waals surface area (Å²) in [4.78, 5) is 14.9. The van der Waals surface area contributed by atoms with Crippen molar-refractivity contribution in [1.29, 1.82) is 0 Å². The maximum Gasteiger partial charge on any atom is 0.241 e. The first-order valence-corrected chi connectivity index (χ1v) is 9.07. The molecule has 150 valence electrons. The van der Waals surface area contributed by atoms with Gasteiger partial charge in [-0.05, 0) is 11.5 Å². The van der Waals surface area contributed by atoms with Gasteiger partial charge in [0.2, 0.25) is 5.91 Å². The van der Waals surface area contributed by atoms with E-state index in [0.717, 1.165) is 44.7 Å². The van der Waals surface area contributed by atoms with Crippen molar-refractivity contribution in [2.24, 2.45) is 11.7 Å². The summed E-state index contributed by atoms with van der Waals surface area (Å²) in [6.45, 7) is 8.50. The second kappa shape index (κ2) is 13.3. The standard InChI is InChI=1S/C19H31N3O2.2ClH/c1-3-15(4-2)17(22-10-12-24-13-11-22)14-21-19(23)18(20)16-8-6-5-7-9-16;;/h5-9,15,17-18H,3-4,10-14,20H2,1-2H3,(H,21,23);2*1H. The zero-order valence-electron chi connectivity index (χ0n) is 15.7. The predicted octanol–water partition coefficient (Wildman–Crippen LogP) is 2.78. The second-order valence-corrected chi connectivity index (χ2v) is 6.43. The number of nitrogens with two attached hydrogens (primary N) is 1. The van der Waals surface area contributed by atoms with Gasteiger partial charge in [0.25, 0.3) is 0 Å². The lowest BCUT2D eigenvalue weighted by molar-refractivity contribution is -0.123. The number of benzene rings is 1. The highest BCUT2D eigenvalue weighted by Crippen LogP contribution is 2.20. The van der Waals surface area contributed by atoms with E-state index in [2.05, 4.69) is 24.1 Å². The van der Waals surface area contributed by atoms with Crippen LogP contribution >= 0.6 is 24.8 Å². The van der Waals surface area contributed by atoms with Crippen LogP contribution in [-0.4, -0.2) is 49.7 Å². The number of halogens is 2. The summed E-state index contributed by atoms with van der Waals surface area (Å²) in [5.41, 5.74) is 6.95. The predicted molar refractivity (Wildman–Crippen MR) is 111 cm³/mol. The van der Waals surface area contributed by atoms with Gasteiger partial charge in [-0.25, -0.2) is 0 Å². The molecule has 26 heavy (non-hydrogen) atoms. The van der Waals surface area contributed by atoms with Crippen LogP contribution in [0.1, 0.15) is 38.3 Å². The van der Waals surface area contributed by atoms with Gasteiger partial charge in [-0.3, -0.25) is 9.69 Å². The van der Waals surface area contributed by atoms with E-state index < -0.39 is 6.04 Å². The smallest absolute Gasteiger partial charge is 0.241 e. The fourth-order valence-corrected chi connectivity index (χ4v) is 3.46. The van der Waals surface area contributed by atoms with Crippen molar-refractivity contribution >= 4 is 30.7 Å². The maximum atomic E-state index is 12.5. The number of rotatable bonds is 8. The van der Waals surface area contributed by atoms with Gasteiger partial charge < -0.3 is 15.8 Å². The van der Waals surface area contributed by atoms with Gasteiger partial charge in [-0.2, -0.15) is 0 Å². The SMILES string of the molecule is CCC(CC)C(CNC(=O)C(N)c1ccccc1)N1CCOCC1.Cl.Cl. The molecule has 0 aliphatic carbocycles. The molecular formula is C19H33Cl2N3O2. The van der Waals surface area contributed by atoms with E-state index in [4.69, 9.17) is 10.5 Å². The van der Waals surface area contributed by atoms with Crippen molar-refractivity contribution in [2.75, 3.05) is 32.8 Å². The number of hydrogen-bond donors (Lipinski definition) is 2. The molecule has 3 N–H and O–H groups in total. The molecule has 2 unspecified atom stereocenters. The van der Waals surface area contributed by atoms with Gasteiger partial charge in [0.1, 0.15) is 6.04 Å². The van der Waals surface area contributed by atoms with E-state index in [1.54, 1.807) is 0 Å². The molecule has 2 rings (SSSR count). The number of carbonyl (C=O) groups excluding carboxylic acids is 1. The first-order chi connectivity index (χ1) is 11.7. The third-order valence-corrected chi connectivity index (χ3v) is 5.03. The minimum absolute atomic E-state index is 0. The molecule has 7 heteroatoms. The number of ether oxygens (including phenoxy) is 1. The summed E-state index contributed by atoms with van der Waals surface area (Å²) in [5, 5.41) is 3.08. The molecular weight excluding hydrogens is 373 g/mol. The molecule has 5 nitrogen and oxygen atoms in total. The first kappa shape index (κ1) is 25.1. The quantitative estimate of drug-likeness (QED) is 0.697. The third-order valence-electron chi connectivity index (χ3n) is 5.03. The Labute approximate surface area is 169 Å². The average Bonchev–Trinajstić information content (AvgIpc) is 2.65. The number of nitrogens with zero attached hydrogens (tertiary/aromatic N) is 1. The molecule has 1 amide bonds. The number of nitrogens with one attached hydrogen (secondary N) is 1. The summed E-state index contributed by atoms with van der Waals surface area (Å²) < 4.78 is 5.47. The zero-order chi connectivity index (χ0) is 17.4. The number of morpholine rings is 1. The van der Waals surface area contributed by atoms with Gasteiger partial charge in [-0.15, -0.1) is 24.8 Å². The van der Waals surface area contributed by atoms with Crippen LogP contribution in [0.15, 0.2) is 30.3 Å². The maximum absolute atomic E-state index is 12.5. The molecule has 0 spiro atoms. The minimum atomic E-state index is -0.613. The Hall–Kier alpha value is -0.850. The summed E-state index contributed by atoms with van der Waals surface area (Å²) in [6.07, 6.45) is 2.22. The normalized spacial score (nSPS) is 16.9. The Balaban J connectivity index is 0.00000312. The Morgan fingerprint density at radius 1 is 1.15 bits per heavy atom. The molecule has 0 saturated carbocycles. The Bertz CT molecular complexity index is 495. The average molecular weight is 406 g/mol. The van der Waals surface area contributed by atoms with Crippen LogP contribution in [0.2, 0.25) is 0 Å².